The summed E-state index contributed by atoms with van der Waals surface area (Å²) in [5.74, 6) is -0.830. The summed E-state index contributed by atoms with van der Waals surface area (Å²) in [7, 11) is 0. The lowest BCUT2D eigenvalue weighted by atomic mass is 10.2. The highest BCUT2D eigenvalue weighted by molar-refractivity contribution is 9.10. The van der Waals surface area contributed by atoms with Crippen molar-refractivity contribution in [3.05, 3.63) is 28.0 Å². The fourth-order valence-electron chi connectivity index (χ4n) is 0.769. The summed E-state index contributed by atoms with van der Waals surface area (Å²) in [5, 5.41) is 0. The Hall–Kier alpha value is -1.04. The molecule has 13 heavy (non-hydrogen) atoms. The summed E-state index contributed by atoms with van der Waals surface area (Å²) in [6.07, 6.45) is -2.64. The van der Waals surface area contributed by atoms with Crippen molar-refractivity contribution in [1.82, 2.24) is 4.98 Å². The Morgan fingerprint density at radius 3 is 2.62 bits per heavy atom. The molecule has 0 spiro atoms. The topological polar surface area (TPSA) is 56.0 Å². The molecule has 0 saturated heterocycles. The second kappa shape index (κ2) is 3.78. The van der Waals surface area contributed by atoms with Crippen LogP contribution in [0.2, 0.25) is 0 Å². The minimum absolute atomic E-state index is 0.166. The fraction of sp³-hybridized carbons (Fsp3) is 0.143. The van der Waals surface area contributed by atoms with E-state index in [2.05, 4.69) is 20.9 Å². The molecule has 1 aromatic heterocycles. The van der Waals surface area contributed by atoms with E-state index in [1.54, 1.807) is 0 Å². The van der Waals surface area contributed by atoms with Crippen molar-refractivity contribution in [2.75, 3.05) is 0 Å². The maximum Gasteiger partial charge on any atom is 0.267 e. The first-order chi connectivity index (χ1) is 6.00. The zero-order chi connectivity index (χ0) is 10.0. The molecule has 2 N–H and O–H groups in total. The largest absolute Gasteiger partial charge is 0.364 e. The second-order valence-corrected chi connectivity index (χ2v) is 3.09. The normalized spacial score (nSPS) is 10.5. The van der Waals surface area contributed by atoms with Gasteiger partial charge in [-0.2, -0.15) is 0 Å². The van der Waals surface area contributed by atoms with Crippen molar-refractivity contribution < 1.29 is 13.6 Å². The van der Waals surface area contributed by atoms with E-state index in [1.165, 1.54) is 0 Å². The summed E-state index contributed by atoms with van der Waals surface area (Å²) < 4.78 is 24.5. The first kappa shape index (κ1) is 10.0. The number of alkyl halides is 2. The molecule has 1 heterocycles. The molecule has 3 nitrogen and oxygen atoms in total. The van der Waals surface area contributed by atoms with Crippen molar-refractivity contribution in [3.63, 3.8) is 0 Å². The van der Waals surface area contributed by atoms with E-state index in [1.807, 2.05) is 0 Å². The highest BCUT2D eigenvalue weighted by atomic mass is 79.9. The van der Waals surface area contributed by atoms with Crippen LogP contribution in [0, 0.1) is 0 Å². The molecule has 0 aliphatic heterocycles. The minimum Gasteiger partial charge on any atom is -0.364 e. The van der Waals surface area contributed by atoms with Gasteiger partial charge >= 0.3 is 0 Å². The molecule has 1 amide bonds. The molecule has 0 unspecified atom stereocenters. The predicted octanol–water partition coefficient (Wildman–Crippen LogP) is 1.88. The van der Waals surface area contributed by atoms with Crippen molar-refractivity contribution in [2.24, 2.45) is 5.73 Å². The number of hydrogen-bond donors (Lipinski definition) is 1. The molecule has 0 bridgehead atoms. The molecular formula is C7H5BrF2N2O. The Kier molecular flexibility index (Phi) is 2.92. The van der Waals surface area contributed by atoms with E-state index in [9.17, 15) is 13.6 Å². The molecule has 1 aromatic rings. The number of amides is 1. The van der Waals surface area contributed by atoms with Crippen LogP contribution in [-0.2, 0) is 0 Å². The Morgan fingerprint density at radius 1 is 1.54 bits per heavy atom. The smallest absolute Gasteiger partial charge is 0.267 e. The number of nitrogens with two attached hydrogens (primary N) is 1. The number of hydrogen-bond acceptors (Lipinski definition) is 2. The molecule has 1 rings (SSSR count). The van der Waals surface area contributed by atoms with Gasteiger partial charge in [-0.3, -0.25) is 4.79 Å². The number of carbonyl (C=O) groups is 1. The Morgan fingerprint density at radius 2 is 2.15 bits per heavy atom. The Balaban J connectivity index is 3.19. The third-order valence-electron chi connectivity index (χ3n) is 1.32. The van der Waals surface area contributed by atoms with Crippen LogP contribution in [0.25, 0.3) is 0 Å². The lowest BCUT2D eigenvalue weighted by molar-refractivity contribution is 0.0994. The third kappa shape index (κ3) is 2.45. The summed E-state index contributed by atoms with van der Waals surface area (Å²) in [6.45, 7) is 0. The summed E-state index contributed by atoms with van der Waals surface area (Å²) in [5.41, 5.74) is 4.43. The molecule has 0 radical (unpaired) electrons. The van der Waals surface area contributed by atoms with Crippen LogP contribution >= 0.6 is 15.9 Å². The van der Waals surface area contributed by atoms with Gasteiger partial charge in [0.05, 0.1) is 0 Å². The molecule has 0 aromatic carbocycles. The highest BCUT2D eigenvalue weighted by Crippen LogP contribution is 2.21. The van der Waals surface area contributed by atoms with Crippen molar-refractivity contribution in [3.8, 4) is 0 Å². The van der Waals surface area contributed by atoms with E-state index in [0.29, 0.717) is 0 Å². The zero-order valence-electron chi connectivity index (χ0n) is 6.30. The van der Waals surface area contributed by atoms with Crippen molar-refractivity contribution in [1.29, 1.82) is 0 Å². The SMILES string of the molecule is NC(=O)c1cc(C(F)F)cc(Br)n1. The Labute approximate surface area is 81.1 Å². The van der Waals surface area contributed by atoms with E-state index in [4.69, 9.17) is 5.73 Å². The van der Waals surface area contributed by atoms with Gasteiger partial charge in [-0.1, -0.05) is 0 Å². The third-order valence-corrected chi connectivity index (χ3v) is 1.73. The minimum atomic E-state index is -2.64. The van der Waals surface area contributed by atoms with Crippen LogP contribution < -0.4 is 5.73 Å². The number of nitrogens with zero attached hydrogens (tertiary/aromatic N) is 1. The summed E-state index contributed by atoms with van der Waals surface area (Å²) in [6, 6.07) is 2.11. The molecule has 0 fully saturated rings. The van der Waals surface area contributed by atoms with Gasteiger partial charge in [-0.15, -0.1) is 0 Å². The molecule has 0 aliphatic carbocycles. The number of rotatable bonds is 2. The van der Waals surface area contributed by atoms with E-state index in [-0.39, 0.29) is 15.9 Å². The van der Waals surface area contributed by atoms with Crippen molar-refractivity contribution in [2.45, 2.75) is 6.43 Å². The maximum absolute atomic E-state index is 12.2. The first-order valence-corrected chi connectivity index (χ1v) is 4.05. The van der Waals surface area contributed by atoms with E-state index >= 15 is 0 Å². The number of halogens is 3. The number of pyridine rings is 1. The number of primary amides is 1. The Bertz CT molecular complexity index is 343. The predicted molar refractivity (Wildman–Crippen MR) is 45.4 cm³/mol. The van der Waals surface area contributed by atoms with Gasteiger partial charge in [0, 0.05) is 5.56 Å². The lowest BCUT2D eigenvalue weighted by Crippen LogP contribution is -2.13. The van der Waals surface area contributed by atoms with Gasteiger partial charge in [0.1, 0.15) is 10.3 Å². The first-order valence-electron chi connectivity index (χ1n) is 3.26. The van der Waals surface area contributed by atoms with Crippen LogP contribution in [-0.4, -0.2) is 10.9 Å². The number of aromatic nitrogens is 1. The summed E-state index contributed by atoms with van der Waals surface area (Å²) in [4.78, 5) is 14.2. The molecule has 0 aliphatic rings. The molecule has 0 saturated carbocycles. The molecule has 70 valence electrons. The van der Waals surface area contributed by atoms with Gasteiger partial charge in [0.15, 0.2) is 0 Å². The average molecular weight is 251 g/mol. The standard InChI is InChI=1S/C7H5BrF2N2O/c8-5-2-3(6(9)10)1-4(12-5)7(11)13/h1-2,6H,(H2,11,13). The van der Waals surface area contributed by atoms with E-state index < -0.39 is 12.3 Å². The molecule has 6 heteroatoms. The van der Waals surface area contributed by atoms with Gasteiger partial charge in [0.25, 0.3) is 12.3 Å². The van der Waals surface area contributed by atoms with Crippen LogP contribution in [0.15, 0.2) is 16.7 Å². The van der Waals surface area contributed by atoms with Crippen LogP contribution in [0.1, 0.15) is 22.5 Å². The zero-order valence-corrected chi connectivity index (χ0v) is 7.88. The summed E-state index contributed by atoms with van der Waals surface area (Å²) >= 11 is 2.90. The van der Waals surface area contributed by atoms with E-state index in [0.717, 1.165) is 12.1 Å². The van der Waals surface area contributed by atoms with Gasteiger partial charge in [-0.25, -0.2) is 13.8 Å². The van der Waals surface area contributed by atoms with Crippen LogP contribution in [0.4, 0.5) is 8.78 Å². The highest BCUT2D eigenvalue weighted by Gasteiger charge is 2.12. The quantitative estimate of drug-likeness (QED) is 0.816. The van der Waals surface area contributed by atoms with Gasteiger partial charge < -0.3 is 5.73 Å². The monoisotopic (exact) mass is 250 g/mol. The van der Waals surface area contributed by atoms with Crippen molar-refractivity contribution >= 4 is 21.8 Å². The van der Waals surface area contributed by atoms with Gasteiger partial charge in [-0.05, 0) is 28.1 Å². The maximum atomic E-state index is 12.2. The second-order valence-electron chi connectivity index (χ2n) is 2.27. The molecule has 0 atom stereocenters. The average Bonchev–Trinajstić information content (AvgIpc) is 2.03. The number of carbonyl (C=O) groups excluding carboxylic acids is 1. The van der Waals surface area contributed by atoms with Crippen LogP contribution in [0.5, 0.6) is 0 Å². The fourth-order valence-corrected chi connectivity index (χ4v) is 1.22. The van der Waals surface area contributed by atoms with Gasteiger partial charge in [0.2, 0.25) is 0 Å². The van der Waals surface area contributed by atoms with Crippen LogP contribution in [0.3, 0.4) is 0 Å². The lowest BCUT2D eigenvalue weighted by Gasteiger charge is -2.01. The molecular weight excluding hydrogens is 246 g/mol.